The number of rotatable bonds is 7. The van der Waals surface area contributed by atoms with Crippen LogP contribution in [0.25, 0.3) is 0 Å². The highest BCUT2D eigenvalue weighted by molar-refractivity contribution is 6.03. The highest BCUT2D eigenvalue weighted by atomic mass is 16.7. The molecule has 38 heavy (non-hydrogen) atoms. The van der Waals surface area contributed by atoms with Gasteiger partial charge in [0, 0.05) is 12.3 Å². The number of nitrogens with one attached hydrogen (secondary N) is 1. The molecule has 0 bridgehead atoms. The number of carbonyl (C=O) groups is 4. The van der Waals surface area contributed by atoms with Crippen molar-refractivity contribution >= 4 is 29.7 Å². The largest absolute Gasteiger partial charge is 0.462 e. The molecule has 1 aromatic carbocycles. The second-order valence-corrected chi connectivity index (χ2v) is 8.58. The van der Waals surface area contributed by atoms with Gasteiger partial charge in [0.25, 0.3) is 0 Å². The van der Waals surface area contributed by atoms with Gasteiger partial charge in [-0.15, -0.1) is 0 Å². The fourth-order valence-corrected chi connectivity index (χ4v) is 3.70. The number of aromatic nitrogens is 2. The van der Waals surface area contributed by atoms with E-state index >= 15 is 0 Å². The molecule has 0 unspecified atom stereocenters. The Morgan fingerprint density at radius 2 is 1.61 bits per heavy atom. The van der Waals surface area contributed by atoms with E-state index in [9.17, 15) is 24.0 Å². The van der Waals surface area contributed by atoms with Crippen LogP contribution in [0.1, 0.15) is 40.8 Å². The van der Waals surface area contributed by atoms with E-state index in [1.807, 2.05) is 0 Å². The fraction of sp³-hybridized carbons (Fsp3) is 0.391. The molecule has 0 spiro atoms. The molecule has 6 atom stereocenters. The Bertz CT molecular complexity index is 1310. The van der Waals surface area contributed by atoms with Crippen molar-refractivity contribution in [2.24, 2.45) is 11.5 Å². The Kier molecular flexibility index (Phi) is 7.70. The third-order valence-corrected chi connectivity index (χ3v) is 5.63. The summed E-state index contributed by atoms with van der Waals surface area (Å²) in [6.07, 6.45) is -3.82. The summed E-state index contributed by atoms with van der Waals surface area (Å²) in [5.41, 5.74) is 12.2. The van der Waals surface area contributed by atoms with Gasteiger partial charge in [0.1, 0.15) is 24.8 Å². The second-order valence-electron chi connectivity index (χ2n) is 8.58. The highest BCUT2D eigenvalue weighted by Gasteiger charge is 2.52. The number of esters is 3. The molecule has 3 heterocycles. The van der Waals surface area contributed by atoms with Gasteiger partial charge in [0.15, 0.2) is 24.3 Å². The van der Waals surface area contributed by atoms with Crippen LogP contribution in [0.5, 0.6) is 0 Å². The van der Waals surface area contributed by atoms with Crippen molar-refractivity contribution in [1.82, 2.24) is 9.55 Å². The topological polar surface area (TPSA) is 213 Å². The zero-order valence-electron chi connectivity index (χ0n) is 20.3. The first-order valence-electron chi connectivity index (χ1n) is 11.5. The summed E-state index contributed by atoms with van der Waals surface area (Å²) < 4.78 is 23.3. The minimum absolute atomic E-state index is 0.0265. The summed E-state index contributed by atoms with van der Waals surface area (Å²) in [4.78, 5) is 70.7. The number of nitrogens with zero attached hydrogens (tertiary/aromatic N) is 2. The molecule has 1 aromatic heterocycles. The molecule has 1 fully saturated rings. The molecule has 15 nitrogen and oxygen atoms in total. The Labute approximate surface area is 214 Å². The first-order valence-corrected chi connectivity index (χ1v) is 11.5. The maximum Gasteiger partial charge on any atom is 0.351 e. The summed E-state index contributed by atoms with van der Waals surface area (Å²) >= 11 is 0. The van der Waals surface area contributed by atoms with E-state index in [4.69, 9.17) is 35.3 Å². The average Bonchev–Trinajstić information content (AvgIpc) is 3.20. The molecule has 1 saturated heterocycles. The quantitative estimate of drug-likeness (QED) is 0.222. The normalized spacial score (nSPS) is 23.9. The Balaban J connectivity index is 1.65. The van der Waals surface area contributed by atoms with Gasteiger partial charge >= 0.3 is 29.6 Å². The lowest BCUT2D eigenvalue weighted by molar-refractivity contribution is -0.151. The summed E-state index contributed by atoms with van der Waals surface area (Å²) in [5, 5.41) is 0. The van der Waals surface area contributed by atoms with Gasteiger partial charge in [-0.25, -0.2) is 24.7 Å². The van der Waals surface area contributed by atoms with Crippen molar-refractivity contribution < 1.29 is 43.0 Å². The number of ether oxygens (including phenoxy) is 4. The molecular formula is C23H25N5O10. The molecule has 15 heteroatoms. The zero-order valence-corrected chi connectivity index (χ0v) is 20.3. The molecule has 0 saturated carbocycles. The molecule has 0 amide bonds. The lowest BCUT2D eigenvalue weighted by Gasteiger charge is -2.27. The van der Waals surface area contributed by atoms with Crippen LogP contribution in [0.2, 0.25) is 0 Å². The highest BCUT2D eigenvalue weighted by Crippen LogP contribution is 2.36. The van der Waals surface area contributed by atoms with E-state index in [0.717, 1.165) is 4.57 Å². The molecule has 4 rings (SSSR count). The number of hydrogen-bond donors (Lipinski definition) is 3. The van der Waals surface area contributed by atoms with Gasteiger partial charge in [-0.05, 0) is 26.0 Å². The van der Waals surface area contributed by atoms with Crippen molar-refractivity contribution in [3.63, 3.8) is 0 Å². The molecule has 2 aliphatic heterocycles. The summed E-state index contributed by atoms with van der Waals surface area (Å²) in [6, 6.07) is 5.32. The van der Waals surface area contributed by atoms with E-state index in [1.165, 1.54) is 38.2 Å². The number of nitrogens with two attached hydrogens (primary N) is 2. The Morgan fingerprint density at radius 1 is 1.00 bits per heavy atom. The van der Waals surface area contributed by atoms with Crippen LogP contribution in [-0.4, -0.2) is 70.4 Å². The third-order valence-electron chi connectivity index (χ3n) is 5.63. The lowest BCUT2D eigenvalue weighted by atomic mass is 10.0. The predicted molar refractivity (Wildman–Crippen MR) is 125 cm³/mol. The SMILES string of the molecule is C[C@H](N)C(=O)OC[C@H]1O[C@@H](n2ccc(NOC(=O)[C@@H](C)N)nc2=O)[C@@H]2OC(=O)c3ccccc3C(=O)O[C@@H]21. The molecular weight excluding hydrogens is 506 g/mol. The average molecular weight is 531 g/mol. The van der Waals surface area contributed by atoms with E-state index in [-0.39, 0.29) is 16.9 Å². The van der Waals surface area contributed by atoms with Crippen LogP contribution in [0.4, 0.5) is 5.82 Å². The third kappa shape index (κ3) is 5.49. The number of carbonyl (C=O) groups excluding carboxylic acids is 4. The van der Waals surface area contributed by atoms with Gasteiger partial charge in [-0.1, -0.05) is 12.1 Å². The van der Waals surface area contributed by atoms with Gasteiger partial charge in [-0.3, -0.25) is 9.36 Å². The predicted octanol–water partition coefficient (Wildman–Crippen LogP) is -0.987. The summed E-state index contributed by atoms with van der Waals surface area (Å²) in [6.45, 7) is 2.41. The van der Waals surface area contributed by atoms with Crippen molar-refractivity contribution in [3.8, 4) is 0 Å². The molecule has 2 aromatic rings. The number of fused-ring (bicyclic) bond motifs is 2. The maximum absolute atomic E-state index is 13.0. The van der Waals surface area contributed by atoms with Crippen molar-refractivity contribution in [2.75, 3.05) is 12.1 Å². The number of benzene rings is 1. The smallest absolute Gasteiger partial charge is 0.351 e. The van der Waals surface area contributed by atoms with Gasteiger partial charge in [0.2, 0.25) is 0 Å². The van der Waals surface area contributed by atoms with Crippen LogP contribution in [0.15, 0.2) is 41.3 Å². The minimum Gasteiger partial charge on any atom is -0.462 e. The maximum atomic E-state index is 13.0. The zero-order chi connectivity index (χ0) is 27.6. The van der Waals surface area contributed by atoms with E-state index in [2.05, 4.69) is 10.5 Å². The first kappa shape index (κ1) is 26.7. The van der Waals surface area contributed by atoms with Gasteiger partial charge in [0.05, 0.1) is 11.1 Å². The van der Waals surface area contributed by atoms with Crippen molar-refractivity contribution in [2.45, 2.75) is 50.5 Å². The van der Waals surface area contributed by atoms with E-state index in [0.29, 0.717) is 0 Å². The van der Waals surface area contributed by atoms with Crippen molar-refractivity contribution in [3.05, 3.63) is 58.1 Å². The van der Waals surface area contributed by atoms with Crippen LogP contribution in [-0.2, 0) is 33.4 Å². The summed E-state index contributed by atoms with van der Waals surface area (Å²) in [5.74, 6) is -3.33. The van der Waals surface area contributed by atoms with Crippen LogP contribution < -0.4 is 22.6 Å². The Hall–Kier alpha value is -4.34. The molecule has 5 N–H and O–H groups in total. The fourth-order valence-electron chi connectivity index (χ4n) is 3.70. The van der Waals surface area contributed by atoms with Crippen LogP contribution in [0, 0.1) is 0 Å². The molecule has 2 aliphatic rings. The summed E-state index contributed by atoms with van der Waals surface area (Å²) in [7, 11) is 0. The minimum atomic E-state index is -1.33. The second kappa shape index (κ2) is 11.0. The molecule has 0 aliphatic carbocycles. The van der Waals surface area contributed by atoms with E-state index in [1.54, 1.807) is 12.1 Å². The lowest BCUT2D eigenvalue weighted by Crippen LogP contribution is -2.44. The standard InChI is InChI=1S/C23H25N5O10/c1-10(24)19(29)34-9-14-16-17(37-22(32)13-6-4-3-5-12(13)21(31)36-16)18(35-14)28-8-7-15(26-23(28)33)27-38-20(30)11(2)25/h3-8,10-11,14,16-18H,9,24-25H2,1-2H3,(H,26,27,33)/t10-,11+,14+,16+,17+,18+/m0/s1. The Morgan fingerprint density at radius 3 is 2.18 bits per heavy atom. The number of hydrogen-bond acceptors (Lipinski definition) is 14. The molecule has 202 valence electrons. The number of anilines is 1. The first-order chi connectivity index (χ1) is 18.1. The van der Waals surface area contributed by atoms with Crippen LogP contribution in [0.3, 0.4) is 0 Å². The van der Waals surface area contributed by atoms with Crippen LogP contribution >= 0.6 is 0 Å². The molecule has 0 radical (unpaired) electrons. The van der Waals surface area contributed by atoms with Crippen molar-refractivity contribution in [1.29, 1.82) is 0 Å². The van der Waals surface area contributed by atoms with E-state index < -0.39 is 72.8 Å². The van der Waals surface area contributed by atoms with Gasteiger partial charge in [-0.2, -0.15) is 4.98 Å². The monoisotopic (exact) mass is 531 g/mol. The van der Waals surface area contributed by atoms with Gasteiger partial charge < -0.3 is 35.3 Å².